The maximum absolute atomic E-state index is 14.3. The van der Waals surface area contributed by atoms with Crippen LogP contribution in [-0.2, 0) is 12.0 Å². The Hall–Kier alpha value is -2.73. The molecule has 0 amide bonds. The fraction of sp³-hybridized carbons (Fsp3) is 0.348. The minimum absolute atomic E-state index is 0.0561. The van der Waals surface area contributed by atoms with Crippen LogP contribution in [0, 0.1) is 17.0 Å². The van der Waals surface area contributed by atoms with Gasteiger partial charge in [0, 0.05) is 6.20 Å². The summed E-state index contributed by atoms with van der Waals surface area (Å²) in [4.78, 5) is 4.64. The second-order valence-corrected chi connectivity index (χ2v) is 8.56. The van der Waals surface area contributed by atoms with Gasteiger partial charge in [-0.3, -0.25) is 4.98 Å². The molecule has 1 saturated carbocycles. The summed E-state index contributed by atoms with van der Waals surface area (Å²) in [6.07, 6.45) is 3.53. The van der Waals surface area contributed by atoms with Gasteiger partial charge in [-0.2, -0.15) is 5.10 Å². The van der Waals surface area contributed by atoms with Crippen molar-refractivity contribution in [1.29, 1.82) is 0 Å². The molecule has 1 aromatic carbocycles. The first kappa shape index (κ1) is 18.3. The van der Waals surface area contributed by atoms with Gasteiger partial charge in [-0.25, -0.2) is 8.78 Å². The van der Waals surface area contributed by atoms with E-state index in [-0.39, 0.29) is 29.2 Å². The quantitative estimate of drug-likeness (QED) is 0.711. The minimum atomic E-state index is -0.645. The van der Waals surface area contributed by atoms with Crippen LogP contribution in [-0.4, -0.2) is 20.3 Å². The lowest BCUT2D eigenvalue weighted by atomic mass is 9.66. The lowest BCUT2D eigenvalue weighted by molar-refractivity contribution is 0.241. The first-order chi connectivity index (χ1) is 13.9. The summed E-state index contributed by atoms with van der Waals surface area (Å²) in [5.41, 5.74) is 2.96. The molecule has 5 rings (SSSR count). The van der Waals surface area contributed by atoms with Gasteiger partial charge in [0.1, 0.15) is 11.6 Å². The van der Waals surface area contributed by atoms with Gasteiger partial charge in [-0.1, -0.05) is 19.9 Å². The molecule has 1 fully saturated rings. The van der Waals surface area contributed by atoms with Crippen molar-refractivity contribution in [1.82, 2.24) is 15.2 Å². The van der Waals surface area contributed by atoms with Crippen LogP contribution in [0.5, 0.6) is 0 Å². The van der Waals surface area contributed by atoms with Crippen LogP contribution in [0.4, 0.5) is 8.78 Å². The van der Waals surface area contributed by atoms with Crippen molar-refractivity contribution < 1.29 is 13.9 Å². The highest BCUT2D eigenvalue weighted by molar-refractivity contribution is 5.64. The molecule has 6 heteroatoms. The van der Waals surface area contributed by atoms with Gasteiger partial charge in [0.15, 0.2) is 0 Å². The summed E-state index contributed by atoms with van der Waals surface area (Å²) in [6, 6.07) is 9.34. The number of fused-ring (bicyclic) bond motifs is 5. The van der Waals surface area contributed by atoms with Gasteiger partial charge in [-0.15, -0.1) is 5.10 Å². The summed E-state index contributed by atoms with van der Waals surface area (Å²) in [5, 5.41) is 18.3. The van der Waals surface area contributed by atoms with E-state index in [1.54, 1.807) is 18.3 Å². The first-order valence-electron chi connectivity index (χ1n) is 9.79. The van der Waals surface area contributed by atoms with E-state index in [9.17, 15) is 13.9 Å². The molecule has 0 radical (unpaired) electrons. The molecule has 3 aromatic rings. The SMILES string of the molecule is CC1(C)[C@H]2CC[C@@]1(c1cc(CO)ccn1)c1nnc(-c3c(F)cccc3F)cc12. The highest BCUT2D eigenvalue weighted by Crippen LogP contribution is 2.69. The molecule has 2 aliphatic carbocycles. The zero-order valence-electron chi connectivity index (χ0n) is 16.3. The fourth-order valence-electron chi connectivity index (χ4n) is 5.56. The Morgan fingerprint density at radius 2 is 1.86 bits per heavy atom. The van der Waals surface area contributed by atoms with Crippen molar-refractivity contribution in [3.8, 4) is 11.3 Å². The third kappa shape index (κ3) is 2.29. The van der Waals surface area contributed by atoms with Crippen LogP contribution in [0.25, 0.3) is 11.3 Å². The number of aromatic nitrogens is 3. The predicted octanol–water partition coefficient (Wildman–Crippen LogP) is 4.51. The zero-order valence-corrected chi connectivity index (χ0v) is 16.3. The molecule has 2 atom stereocenters. The van der Waals surface area contributed by atoms with E-state index in [2.05, 4.69) is 29.0 Å². The molecular weight excluding hydrogens is 372 g/mol. The lowest BCUT2D eigenvalue weighted by Crippen LogP contribution is -2.37. The minimum Gasteiger partial charge on any atom is -0.392 e. The van der Waals surface area contributed by atoms with Crippen LogP contribution in [0.15, 0.2) is 42.6 Å². The molecular formula is C23H21F2N3O. The highest BCUT2D eigenvalue weighted by Gasteiger charge is 2.65. The Bertz CT molecular complexity index is 1110. The second kappa shape index (κ2) is 6.13. The maximum Gasteiger partial charge on any atom is 0.135 e. The standard InChI is InChI=1S/C23H21F2N3O/c1-22(2)15-6-8-23(22,19-10-13(12-29)7-9-26-19)21-14(15)11-18(27-28-21)20-16(24)4-3-5-17(20)25/h3-5,7,9-11,15,29H,6,8,12H2,1-2H3/t15-,23+/m0/s1. The third-order valence-corrected chi connectivity index (χ3v) is 7.05. The van der Waals surface area contributed by atoms with Gasteiger partial charge in [0.25, 0.3) is 0 Å². The molecule has 148 valence electrons. The van der Waals surface area contributed by atoms with Gasteiger partial charge < -0.3 is 5.11 Å². The van der Waals surface area contributed by atoms with E-state index in [0.29, 0.717) is 0 Å². The summed E-state index contributed by atoms with van der Waals surface area (Å²) in [5.74, 6) is -1.09. The van der Waals surface area contributed by atoms with E-state index in [4.69, 9.17) is 0 Å². The number of pyridine rings is 1. The number of benzene rings is 1. The van der Waals surface area contributed by atoms with Crippen LogP contribution in [0.3, 0.4) is 0 Å². The molecule has 2 heterocycles. The largest absolute Gasteiger partial charge is 0.392 e. The molecule has 4 nitrogen and oxygen atoms in total. The van der Waals surface area contributed by atoms with E-state index in [0.717, 1.165) is 35.4 Å². The van der Waals surface area contributed by atoms with Crippen LogP contribution >= 0.6 is 0 Å². The van der Waals surface area contributed by atoms with Crippen LogP contribution in [0.1, 0.15) is 55.1 Å². The molecule has 0 unspecified atom stereocenters. The average Bonchev–Trinajstić information content (AvgIpc) is 3.09. The number of hydrogen-bond acceptors (Lipinski definition) is 4. The molecule has 0 aliphatic heterocycles. The number of hydrogen-bond donors (Lipinski definition) is 1. The normalized spacial score (nSPS) is 24.0. The molecule has 1 N–H and O–H groups in total. The molecule has 2 bridgehead atoms. The van der Waals surface area contributed by atoms with Gasteiger partial charge in [0.05, 0.1) is 34.7 Å². The lowest BCUT2D eigenvalue weighted by Gasteiger charge is -2.37. The average molecular weight is 393 g/mol. The Balaban J connectivity index is 1.72. The Morgan fingerprint density at radius 3 is 2.59 bits per heavy atom. The van der Waals surface area contributed by atoms with E-state index in [1.807, 2.05) is 6.07 Å². The van der Waals surface area contributed by atoms with Crippen LogP contribution in [0.2, 0.25) is 0 Å². The maximum atomic E-state index is 14.3. The molecule has 2 aromatic heterocycles. The summed E-state index contributed by atoms with van der Waals surface area (Å²) < 4.78 is 28.6. The summed E-state index contributed by atoms with van der Waals surface area (Å²) >= 11 is 0. The number of rotatable bonds is 3. The van der Waals surface area contributed by atoms with Crippen molar-refractivity contribution in [2.45, 2.75) is 44.6 Å². The van der Waals surface area contributed by atoms with Gasteiger partial charge >= 0.3 is 0 Å². The number of aliphatic hydroxyl groups is 1. The third-order valence-electron chi connectivity index (χ3n) is 7.05. The van der Waals surface area contributed by atoms with Crippen molar-refractivity contribution in [2.24, 2.45) is 5.41 Å². The van der Waals surface area contributed by atoms with E-state index in [1.165, 1.54) is 18.2 Å². The Morgan fingerprint density at radius 1 is 1.10 bits per heavy atom. The summed E-state index contributed by atoms with van der Waals surface area (Å²) in [7, 11) is 0. The number of nitrogens with zero attached hydrogens (tertiary/aromatic N) is 3. The Kier molecular flexibility index (Phi) is 3.87. The fourth-order valence-corrected chi connectivity index (χ4v) is 5.56. The first-order valence-corrected chi connectivity index (χ1v) is 9.79. The molecule has 0 saturated heterocycles. The topological polar surface area (TPSA) is 58.9 Å². The zero-order chi connectivity index (χ0) is 20.4. The van der Waals surface area contributed by atoms with Gasteiger partial charge in [-0.05, 0) is 65.6 Å². The highest BCUT2D eigenvalue weighted by atomic mass is 19.1. The van der Waals surface area contributed by atoms with E-state index >= 15 is 0 Å². The Labute approximate surface area is 167 Å². The predicted molar refractivity (Wildman–Crippen MR) is 104 cm³/mol. The van der Waals surface area contributed by atoms with Gasteiger partial charge in [0.2, 0.25) is 0 Å². The van der Waals surface area contributed by atoms with E-state index < -0.39 is 17.0 Å². The van der Waals surface area contributed by atoms with Crippen molar-refractivity contribution in [2.75, 3.05) is 0 Å². The van der Waals surface area contributed by atoms with Crippen molar-refractivity contribution >= 4 is 0 Å². The smallest absolute Gasteiger partial charge is 0.135 e. The van der Waals surface area contributed by atoms with Crippen LogP contribution < -0.4 is 0 Å². The summed E-state index contributed by atoms with van der Waals surface area (Å²) in [6.45, 7) is 4.34. The van der Waals surface area contributed by atoms with Crippen molar-refractivity contribution in [3.05, 3.63) is 76.7 Å². The number of aliphatic hydroxyl groups excluding tert-OH is 1. The molecule has 2 aliphatic rings. The van der Waals surface area contributed by atoms with Crippen molar-refractivity contribution in [3.63, 3.8) is 0 Å². The molecule has 29 heavy (non-hydrogen) atoms. The number of halogens is 2. The second-order valence-electron chi connectivity index (χ2n) is 8.56. The molecule has 0 spiro atoms. The monoisotopic (exact) mass is 393 g/mol.